The fraction of sp³-hybridized carbons (Fsp3) is 0.786. The van der Waals surface area contributed by atoms with E-state index < -0.39 is 0 Å². The van der Waals surface area contributed by atoms with Crippen LogP contribution < -0.4 is 5.32 Å². The van der Waals surface area contributed by atoms with Gasteiger partial charge in [-0.2, -0.15) is 0 Å². The molecule has 1 aromatic heterocycles. The Bertz CT molecular complexity index is 393. The summed E-state index contributed by atoms with van der Waals surface area (Å²) in [6, 6.07) is 0.729. The summed E-state index contributed by atoms with van der Waals surface area (Å²) in [6.45, 7) is 2.96. The lowest BCUT2D eigenvalue weighted by Crippen LogP contribution is -2.25. The zero-order valence-electron chi connectivity index (χ0n) is 11.2. The second-order valence-electron chi connectivity index (χ2n) is 5.87. The molecule has 0 aliphatic heterocycles. The molecule has 1 aromatic rings. The molecule has 4 nitrogen and oxygen atoms in total. The van der Waals surface area contributed by atoms with Crippen molar-refractivity contribution in [2.24, 2.45) is 5.41 Å². The van der Waals surface area contributed by atoms with Crippen LogP contribution >= 0.6 is 0 Å². The maximum Gasteiger partial charge on any atom is 0.0951 e. The average Bonchev–Trinajstić information content (AvgIpc) is 3.29. The van der Waals surface area contributed by atoms with Crippen molar-refractivity contribution in [2.75, 3.05) is 20.3 Å². The molecule has 2 fully saturated rings. The van der Waals surface area contributed by atoms with E-state index >= 15 is 0 Å². The lowest BCUT2D eigenvalue weighted by molar-refractivity contribution is 0.171. The zero-order chi connectivity index (χ0) is 12.4. The summed E-state index contributed by atoms with van der Waals surface area (Å²) in [4.78, 5) is 4.27. The molecule has 0 atom stereocenters. The molecule has 1 N–H and O–H groups in total. The van der Waals surface area contributed by atoms with E-state index in [0.717, 1.165) is 25.7 Å². The number of methoxy groups -OCH3 is 1. The number of hydrogen-bond donors (Lipinski definition) is 1. The highest BCUT2D eigenvalue weighted by atomic mass is 16.5. The number of nitrogens with one attached hydrogen (secondary N) is 1. The summed E-state index contributed by atoms with van der Waals surface area (Å²) < 4.78 is 7.52. The minimum Gasteiger partial charge on any atom is -0.385 e. The van der Waals surface area contributed by atoms with Crippen LogP contribution in [0.4, 0.5) is 0 Å². The summed E-state index contributed by atoms with van der Waals surface area (Å²) >= 11 is 0. The predicted octanol–water partition coefficient (Wildman–Crippen LogP) is 2.12. The van der Waals surface area contributed by atoms with Crippen LogP contribution in [0.25, 0.3) is 0 Å². The SMILES string of the molecule is COCCC1(CNCc2cncn2C2CC2)CC1. The van der Waals surface area contributed by atoms with Gasteiger partial charge >= 0.3 is 0 Å². The molecule has 0 aromatic carbocycles. The van der Waals surface area contributed by atoms with Crippen LogP contribution in [-0.4, -0.2) is 29.8 Å². The van der Waals surface area contributed by atoms with Gasteiger partial charge in [-0.15, -0.1) is 0 Å². The van der Waals surface area contributed by atoms with Gasteiger partial charge in [0.1, 0.15) is 0 Å². The number of aromatic nitrogens is 2. The van der Waals surface area contributed by atoms with Crippen LogP contribution in [0.5, 0.6) is 0 Å². The number of hydrogen-bond acceptors (Lipinski definition) is 3. The van der Waals surface area contributed by atoms with Crippen molar-refractivity contribution in [3.05, 3.63) is 18.2 Å². The quantitative estimate of drug-likeness (QED) is 0.767. The van der Waals surface area contributed by atoms with Crippen molar-refractivity contribution in [1.29, 1.82) is 0 Å². The highest BCUT2D eigenvalue weighted by Crippen LogP contribution is 2.48. The van der Waals surface area contributed by atoms with Crippen LogP contribution in [0.2, 0.25) is 0 Å². The van der Waals surface area contributed by atoms with E-state index in [9.17, 15) is 0 Å². The maximum absolute atomic E-state index is 5.19. The summed E-state index contributed by atoms with van der Waals surface area (Å²) in [5.41, 5.74) is 1.86. The van der Waals surface area contributed by atoms with E-state index in [1.807, 2.05) is 12.5 Å². The number of ether oxygens (including phenoxy) is 1. The fourth-order valence-corrected chi connectivity index (χ4v) is 2.62. The Labute approximate surface area is 109 Å². The van der Waals surface area contributed by atoms with Gasteiger partial charge in [0.25, 0.3) is 0 Å². The predicted molar refractivity (Wildman–Crippen MR) is 70.4 cm³/mol. The molecular weight excluding hydrogens is 226 g/mol. The van der Waals surface area contributed by atoms with Gasteiger partial charge in [-0.3, -0.25) is 0 Å². The molecule has 0 amide bonds. The van der Waals surface area contributed by atoms with Gasteiger partial charge in [0.15, 0.2) is 0 Å². The Morgan fingerprint density at radius 2 is 2.33 bits per heavy atom. The first kappa shape index (κ1) is 12.2. The normalized spacial score (nSPS) is 21.2. The molecule has 0 bridgehead atoms. The van der Waals surface area contributed by atoms with Crippen LogP contribution in [0.1, 0.15) is 43.8 Å². The molecule has 0 saturated heterocycles. The second-order valence-corrected chi connectivity index (χ2v) is 5.87. The monoisotopic (exact) mass is 249 g/mol. The second kappa shape index (κ2) is 5.02. The van der Waals surface area contributed by atoms with Crippen molar-refractivity contribution in [3.8, 4) is 0 Å². The fourth-order valence-electron chi connectivity index (χ4n) is 2.62. The Kier molecular flexibility index (Phi) is 3.39. The summed E-state index contributed by atoms with van der Waals surface area (Å²) in [5.74, 6) is 0. The van der Waals surface area contributed by atoms with Crippen molar-refractivity contribution >= 4 is 0 Å². The molecular formula is C14H23N3O. The van der Waals surface area contributed by atoms with Crippen LogP contribution in [0.3, 0.4) is 0 Å². The molecule has 100 valence electrons. The molecule has 4 heteroatoms. The topological polar surface area (TPSA) is 39.1 Å². The molecule has 2 aliphatic carbocycles. The first-order valence-corrected chi connectivity index (χ1v) is 7.03. The van der Waals surface area contributed by atoms with Gasteiger partial charge < -0.3 is 14.6 Å². The Balaban J connectivity index is 1.45. The van der Waals surface area contributed by atoms with E-state index in [4.69, 9.17) is 4.74 Å². The molecule has 3 rings (SSSR count). The Morgan fingerprint density at radius 3 is 3.00 bits per heavy atom. The standard InChI is InChI=1S/C14H23N3O/c1-18-7-6-14(4-5-14)10-15-8-13-9-16-11-17(13)12-2-3-12/h9,11-12,15H,2-8,10H2,1H3. The summed E-state index contributed by atoms with van der Waals surface area (Å²) in [7, 11) is 1.79. The molecule has 2 aliphatic rings. The van der Waals surface area contributed by atoms with Crippen LogP contribution in [0, 0.1) is 5.41 Å². The van der Waals surface area contributed by atoms with Crippen molar-refractivity contribution in [3.63, 3.8) is 0 Å². The van der Waals surface area contributed by atoms with E-state index in [0.29, 0.717) is 5.41 Å². The first-order valence-electron chi connectivity index (χ1n) is 7.03. The Morgan fingerprint density at radius 1 is 1.50 bits per heavy atom. The van der Waals surface area contributed by atoms with Gasteiger partial charge in [-0.25, -0.2) is 4.98 Å². The number of nitrogens with zero attached hydrogens (tertiary/aromatic N) is 2. The molecule has 0 radical (unpaired) electrons. The van der Waals surface area contributed by atoms with E-state index in [1.165, 1.54) is 37.8 Å². The summed E-state index contributed by atoms with van der Waals surface area (Å²) in [6.07, 6.45) is 10.5. The first-order chi connectivity index (χ1) is 8.83. The van der Waals surface area contributed by atoms with E-state index in [2.05, 4.69) is 14.9 Å². The smallest absolute Gasteiger partial charge is 0.0951 e. The lowest BCUT2D eigenvalue weighted by atomic mass is 10.0. The average molecular weight is 249 g/mol. The van der Waals surface area contributed by atoms with Crippen molar-refractivity contribution in [2.45, 2.75) is 44.7 Å². The highest BCUT2D eigenvalue weighted by molar-refractivity contribution is 5.04. The molecule has 2 saturated carbocycles. The molecule has 0 spiro atoms. The van der Waals surface area contributed by atoms with Gasteiger partial charge in [-0.05, 0) is 37.5 Å². The number of imidazole rings is 1. The Hall–Kier alpha value is -0.870. The van der Waals surface area contributed by atoms with Gasteiger partial charge in [0.05, 0.1) is 12.0 Å². The third kappa shape index (κ3) is 2.75. The molecule has 0 unspecified atom stereocenters. The maximum atomic E-state index is 5.19. The van der Waals surface area contributed by atoms with Gasteiger partial charge in [0, 0.05) is 39.0 Å². The van der Waals surface area contributed by atoms with Crippen molar-refractivity contribution in [1.82, 2.24) is 14.9 Å². The lowest BCUT2D eigenvalue weighted by Gasteiger charge is -2.16. The van der Waals surface area contributed by atoms with Gasteiger partial charge in [-0.1, -0.05) is 0 Å². The highest BCUT2D eigenvalue weighted by Gasteiger charge is 2.41. The number of rotatable bonds is 8. The van der Waals surface area contributed by atoms with Crippen molar-refractivity contribution < 1.29 is 4.74 Å². The van der Waals surface area contributed by atoms with Crippen LogP contribution in [0.15, 0.2) is 12.5 Å². The van der Waals surface area contributed by atoms with Gasteiger partial charge in [0.2, 0.25) is 0 Å². The largest absolute Gasteiger partial charge is 0.385 e. The van der Waals surface area contributed by atoms with Crippen LogP contribution in [-0.2, 0) is 11.3 Å². The third-order valence-electron chi connectivity index (χ3n) is 4.29. The molecule has 18 heavy (non-hydrogen) atoms. The van der Waals surface area contributed by atoms with E-state index in [1.54, 1.807) is 7.11 Å². The molecule has 1 heterocycles. The minimum atomic E-state index is 0.528. The third-order valence-corrected chi connectivity index (χ3v) is 4.29. The zero-order valence-corrected chi connectivity index (χ0v) is 11.2. The summed E-state index contributed by atoms with van der Waals surface area (Å²) in [5, 5.41) is 3.61. The minimum absolute atomic E-state index is 0.528. The van der Waals surface area contributed by atoms with E-state index in [-0.39, 0.29) is 0 Å².